The number of aryl methyl sites for hydroxylation is 1. The van der Waals surface area contributed by atoms with E-state index in [1.807, 2.05) is 13.0 Å². The third-order valence-electron chi connectivity index (χ3n) is 0.919. The summed E-state index contributed by atoms with van der Waals surface area (Å²) < 4.78 is 4.38. The zero-order valence-corrected chi connectivity index (χ0v) is 7.11. The Kier molecular flexibility index (Phi) is 6.27. The van der Waals surface area contributed by atoms with E-state index in [9.17, 15) is 0 Å². The molecule has 1 N–H and O–H groups in total. The minimum Gasteiger partial charge on any atom is -0.504 e. The zero-order valence-electron chi connectivity index (χ0n) is 7.11. The Bertz CT molecular complexity index is 246. The van der Waals surface area contributed by atoms with Crippen LogP contribution in [0.4, 0.5) is 0 Å². The summed E-state index contributed by atoms with van der Waals surface area (Å²) >= 11 is 0. The molecule has 0 fully saturated rings. The Morgan fingerprint density at radius 1 is 1.75 bits per heavy atom. The van der Waals surface area contributed by atoms with E-state index in [0.29, 0.717) is 0 Å². The molecule has 0 saturated heterocycles. The number of nitrogens with zero attached hydrogens (tertiary/aromatic N) is 2. The van der Waals surface area contributed by atoms with Crippen LogP contribution in [-0.4, -0.2) is 17.3 Å². The van der Waals surface area contributed by atoms with Gasteiger partial charge in [-0.3, -0.25) is 5.10 Å². The van der Waals surface area contributed by atoms with Crippen molar-refractivity contribution in [2.24, 2.45) is 0 Å². The standard InChI is InChI=1S/C4H6N2.C4H5NO/c1-4-2-3-5-6-4;1-6-4-2-3-5/h2-3H,1H3,(H,5,6);2,4H,1H3/b;4-2+. The summed E-state index contributed by atoms with van der Waals surface area (Å²) in [5.41, 5.74) is 1.11. The van der Waals surface area contributed by atoms with Crippen LogP contribution in [0.1, 0.15) is 5.69 Å². The Morgan fingerprint density at radius 2 is 2.50 bits per heavy atom. The minimum atomic E-state index is 1.11. The highest BCUT2D eigenvalue weighted by atomic mass is 16.5. The normalized spacial score (nSPS) is 8.42. The van der Waals surface area contributed by atoms with Gasteiger partial charge in [-0.25, -0.2) is 0 Å². The van der Waals surface area contributed by atoms with E-state index in [0.717, 1.165) is 5.69 Å². The average Bonchev–Trinajstić information content (AvgIpc) is 2.53. The predicted octanol–water partition coefficient (Wildman–Crippen LogP) is 1.39. The van der Waals surface area contributed by atoms with Gasteiger partial charge in [0.05, 0.1) is 25.5 Å². The van der Waals surface area contributed by atoms with Crippen LogP contribution in [-0.2, 0) is 4.74 Å². The van der Waals surface area contributed by atoms with Crippen molar-refractivity contribution in [2.45, 2.75) is 6.92 Å². The summed E-state index contributed by atoms with van der Waals surface area (Å²) in [4.78, 5) is 0. The van der Waals surface area contributed by atoms with Gasteiger partial charge in [0.1, 0.15) is 0 Å². The highest BCUT2D eigenvalue weighted by Crippen LogP contribution is 1.82. The van der Waals surface area contributed by atoms with Crippen LogP contribution in [0.15, 0.2) is 24.6 Å². The van der Waals surface area contributed by atoms with E-state index in [2.05, 4.69) is 14.9 Å². The van der Waals surface area contributed by atoms with Crippen LogP contribution < -0.4 is 0 Å². The summed E-state index contributed by atoms with van der Waals surface area (Å²) in [5, 5.41) is 14.2. The van der Waals surface area contributed by atoms with Gasteiger partial charge in [0, 0.05) is 11.9 Å². The third kappa shape index (κ3) is 6.36. The maximum Gasteiger partial charge on any atom is 0.0944 e. The molecule has 0 aliphatic heterocycles. The maximum atomic E-state index is 7.78. The topological polar surface area (TPSA) is 61.7 Å². The predicted molar refractivity (Wildman–Crippen MR) is 45.1 cm³/mol. The van der Waals surface area contributed by atoms with Crippen molar-refractivity contribution in [1.29, 1.82) is 5.26 Å². The molecule has 0 bridgehead atoms. The number of rotatable bonds is 1. The molecule has 0 aliphatic rings. The molecule has 1 heterocycles. The van der Waals surface area contributed by atoms with Crippen LogP contribution in [0.2, 0.25) is 0 Å². The van der Waals surface area contributed by atoms with Gasteiger partial charge in [0.15, 0.2) is 0 Å². The van der Waals surface area contributed by atoms with Crippen LogP contribution in [0.25, 0.3) is 0 Å². The molecule has 0 aliphatic carbocycles. The van der Waals surface area contributed by atoms with Crippen LogP contribution in [0, 0.1) is 18.3 Å². The number of allylic oxidation sites excluding steroid dienone is 1. The SMILES string of the molecule is CO/C=C/C#N.Cc1ccn[nH]1. The third-order valence-corrected chi connectivity index (χ3v) is 0.919. The molecule has 64 valence electrons. The molecule has 0 amide bonds. The van der Waals surface area contributed by atoms with E-state index in [4.69, 9.17) is 5.26 Å². The smallest absolute Gasteiger partial charge is 0.0944 e. The first kappa shape index (κ1) is 10.2. The molecule has 0 atom stereocenters. The van der Waals surface area contributed by atoms with Crippen LogP contribution in [0.3, 0.4) is 0 Å². The van der Waals surface area contributed by atoms with E-state index in [-0.39, 0.29) is 0 Å². The molecular formula is C8H11N3O. The van der Waals surface area contributed by atoms with Crippen molar-refractivity contribution in [2.75, 3.05) is 7.11 Å². The second-order valence-electron chi connectivity index (χ2n) is 1.91. The van der Waals surface area contributed by atoms with E-state index in [1.165, 1.54) is 19.4 Å². The first-order valence-electron chi connectivity index (χ1n) is 3.34. The number of hydrogen-bond acceptors (Lipinski definition) is 3. The lowest BCUT2D eigenvalue weighted by Crippen LogP contribution is -1.65. The molecular weight excluding hydrogens is 154 g/mol. The van der Waals surface area contributed by atoms with E-state index >= 15 is 0 Å². The first-order valence-corrected chi connectivity index (χ1v) is 3.34. The van der Waals surface area contributed by atoms with Gasteiger partial charge >= 0.3 is 0 Å². The van der Waals surface area contributed by atoms with Gasteiger partial charge in [-0.1, -0.05) is 0 Å². The van der Waals surface area contributed by atoms with Crippen LogP contribution >= 0.6 is 0 Å². The number of aromatic amines is 1. The largest absolute Gasteiger partial charge is 0.504 e. The number of H-pyrrole nitrogens is 1. The van der Waals surface area contributed by atoms with Crippen molar-refractivity contribution in [3.63, 3.8) is 0 Å². The highest BCUT2D eigenvalue weighted by Gasteiger charge is 1.73. The Hall–Kier alpha value is -1.76. The molecule has 1 rings (SSSR count). The van der Waals surface area contributed by atoms with Gasteiger partial charge in [0.25, 0.3) is 0 Å². The quantitative estimate of drug-likeness (QED) is 0.505. The number of methoxy groups -OCH3 is 1. The van der Waals surface area contributed by atoms with Gasteiger partial charge < -0.3 is 4.74 Å². The summed E-state index contributed by atoms with van der Waals surface area (Å²) in [7, 11) is 1.49. The summed E-state index contributed by atoms with van der Waals surface area (Å²) in [5.74, 6) is 0. The van der Waals surface area contributed by atoms with Crippen molar-refractivity contribution in [3.8, 4) is 6.07 Å². The lowest BCUT2D eigenvalue weighted by molar-refractivity contribution is 0.338. The van der Waals surface area contributed by atoms with E-state index < -0.39 is 0 Å². The van der Waals surface area contributed by atoms with Gasteiger partial charge in [-0.2, -0.15) is 10.4 Å². The first-order chi connectivity index (χ1) is 5.81. The summed E-state index contributed by atoms with van der Waals surface area (Å²) in [6.45, 7) is 1.97. The molecule has 0 radical (unpaired) electrons. The number of nitrogens with one attached hydrogen (secondary N) is 1. The maximum absolute atomic E-state index is 7.78. The van der Waals surface area contributed by atoms with Crippen molar-refractivity contribution < 1.29 is 4.74 Å². The van der Waals surface area contributed by atoms with Crippen molar-refractivity contribution >= 4 is 0 Å². The van der Waals surface area contributed by atoms with Gasteiger partial charge in [0.2, 0.25) is 0 Å². The molecule has 0 unspecified atom stereocenters. The fourth-order valence-corrected chi connectivity index (χ4v) is 0.424. The average molecular weight is 165 g/mol. The monoisotopic (exact) mass is 165 g/mol. The fourth-order valence-electron chi connectivity index (χ4n) is 0.424. The summed E-state index contributed by atoms with van der Waals surface area (Å²) in [6, 6.07) is 3.68. The molecule has 4 nitrogen and oxygen atoms in total. The molecule has 12 heavy (non-hydrogen) atoms. The second kappa shape index (κ2) is 7.35. The number of nitriles is 1. The molecule has 4 heteroatoms. The molecule has 0 spiro atoms. The van der Waals surface area contributed by atoms with Gasteiger partial charge in [-0.05, 0) is 13.0 Å². The minimum absolute atomic E-state index is 1.11. The number of ether oxygens (including phenoxy) is 1. The Morgan fingerprint density at radius 3 is 2.67 bits per heavy atom. The van der Waals surface area contributed by atoms with Crippen molar-refractivity contribution in [1.82, 2.24) is 10.2 Å². The highest BCUT2D eigenvalue weighted by molar-refractivity contribution is 4.97. The molecule has 0 saturated carbocycles. The molecule has 1 aromatic rings. The summed E-state index contributed by atoms with van der Waals surface area (Å²) in [6.07, 6.45) is 4.31. The molecule has 0 aromatic carbocycles. The lowest BCUT2D eigenvalue weighted by Gasteiger charge is -1.75. The zero-order chi connectivity index (χ0) is 9.23. The second-order valence-corrected chi connectivity index (χ2v) is 1.91. The van der Waals surface area contributed by atoms with E-state index in [1.54, 1.807) is 12.3 Å². The lowest BCUT2D eigenvalue weighted by atomic mass is 10.5. The Labute approximate surface area is 71.5 Å². The molecule has 1 aromatic heterocycles. The van der Waals surface area contributed by atoms with Crippen LogP contribution in [0.5, 0.6) is 0 Å². The fraction of sp³-hybridized carbons (Fsp3) is 0.250. The number of aromatic nitrogens is 2. The Balaban J connectivity index is 0.000000202. The van der Waals surface area contributed by atoms with Crippen molar-refractivity contribution in [3.05, 3.63) is 30.3 Å². The number of hydrogen-bond donors (Lipinski definition) is 1. The van der Waals surface area contributed by atoms with Gasteiger partial charge in [-0.15, -0.1) is 0 Å².